The molecule has 0 radical (unpaired) electrons. The van der Waals surface area contributed by atoms with E-state index in [1.54, 1.807) is 0 Å². The molecule has 1 spiro atoms. The number of rotatable bonds is 6. The highest BCUT2D eigenvalue weighted by Crippen LogP contribution is 2.36. The summed E-state index contributed by atoms with van der Waals surface area (Å²) in [6.07, 6.45) is 6.80. The second-order valence-corrected chi connectivity index (χ2v) is 6.83. The van der Waals surface area contributed by atoms with E-state index in [-0.39, 0.29) is 0 Å². The Balaban J connectivity index is 1.85. The molecule has 1 saturated heterocycles. The van der Waals surface area contributed by atoms with Crippen molar-refractivity contribution < 1.29 is 4.74 Å². The molecule has 1 aliphatic heterocycles. The number of hydrogen-bond acceptors (Lipinski definition) is 3. The van der Waals surface area contributed by atoms with Crippen LogP contribution in [-0.4, -0.2) is 49.3 Å². The lowest BCUT2D eigenvalue weighted by molar-refractivity contribution is 0.00806. The summed E-state index contributed by atoms with van der Waals surface area (Å²) < 4.78 is 5.81. The molecule has 1 N–H and O–H groups in total. The fourth-order valence-corrected chi connectivity index (χ4v) is 3.59. The van der Waals surface area contributed by atoms with Crippen molar-refractivity contribution in [3.63, 3.8) is 0 Å². The zero-order chi connectivity index (χ0) is 13.7. The van der Waals surface area contributed by atoms with E-state index >= 15 is 0 Å². The average Bonchev–Trinajstić information content (AvgIpc) is 2.86. The molecule has 1 saturated carbocycles. The summed E-state index contributed by atoms with van der Waals surface area (Å²) in [5.41, 5.74) is 0.451. The third-order valence-corrected chi connectivity index (χ3v) is 4.82. The number of piperazine rings is 1. The monoisotopic (exact) mass is 268 g/mol. The van der Waals surface area contributed by atoms with Crippen LogP contribution in [-0.2, 0) is 4.74 Å². The topological polar surface area (TPSA) is 24.5 Å². The molecule has 0 amide bonds. The zero-order valence-electron chi connectivity index (χ0n) is 13.1. The third-order valence-electron chi connectivity index (χ3n) is 4.82. The molecule has 0 aromatic carbocycles. The van der Waals surface area contributed by atoms with Crippen molar-refractivity contribution >= 4 is 0 Å². The van der Waals surface area contributed by atoms with Gasteiger partial charge in [0.2, 0.25) is 0 Å². The second-order valence-electron chi connectivity index (χ2n) is 6.83. The number of nitrogens with one attached hydrogen (secondary N) is 1. The van der Waals surface area contributed by atoms with E-state index < -0.39 is 0 Å². The van der Waals surface area contributed by atoms with Gasteiger partial charge in [-0.3, -0.25) is 4.90 Å². The first kappa shape index (κ1) is 15.3. The van der Waals surface area contributed by atoms with Gasteiger partial charge < -0.3 is 10.1 Å². The molecule has 2 aliphatic rings. The Morgan fingerprint density at radius 2 is 2.05 bits per heavy atom. The number of hydrogen-bond donors (Lipinski definition) is 1. The minimum absolute atomic E-state index is 0.451. The largest absolute Gasteiger partial charge is 0.380 e. The molecule has 19 heavy (non-hydrogen) atoms. The number of ether oxygens (including phenoxy) is 1. The van der Waals surface area contributed by atoms with Gasteiger partial charge in [0.05, 0.1) is 6.61 Å². The summed E-state index contributed by atoms with van der Waals surface area (Å²) in [7, 11) is 0. The first-order valence-corrected chi connectivity index (χ1v) is 8.22. The van der Waals surface area contributed by atoms with Crippen molar-refractivity contribution in [2.45, 2.75) is 64.5 Å². The van der Waals surface area contributed by atoms with Gasteiger partial charge in [0.25, 0.3) is 0 Å². The molecule has 2 rings (SSSR count). The molecule has 0 aromatic rings. The van der Waals surface area contributed by atoms with Crippen LogP contribution >= 0.6 is 0 Å². The Hall–Kier alpha value is -0.120. The SMILES string of the molecule is CCC1CN(CCOCC(C)C)C2(CCCC2)CN1. The summed E-state index contributed by atoms with van der Waals surface area (Å²) in [4.78, 5) is 2.74. The van der Waals surface area contributed by atoms with Gasteiger partial charge in [0.15, 0.2) is 0 Å². The van der Waals surface area contributed by atoms with Crippen LogP contribution in [0.1, 0.15) is 52.9 Å². The summed E-state index contributed by atoms with van der Waals surface area (Å²) >= 11 is 0. The molecule has 2 fully saturated rings. The predicted molar refractivity (Wildman–Crippen MR) is 80.5 cm³/mol. The summed E-state index contributed by atoms with van der Waals surface area (Å²) in [6, 6.07) is 0.677. The van der Waals surface area contributed by atoms with Crippen molar-refractivity contribution in [1.82, 2.24) is 10.2 Å². The van der Waals surface area contributed by atoms with Crippen molar-refractivity contribution in [1.29, 1.82) is 0 Å². The van der Waals surface area contributed by atoms with Crippen molar-refractivity contribution in [3.05, 3.63) is 0 Å². The maximum absolute atomic E-state index is 5.81. The normalized spacial score (nSPS) is 27.5. The quantitative estimate of drug-likeness (QED) is 0.750. The maximum atomic E-state index is 5.81. The molecule has 0 bridgehead atoms. The van der Waals surface area contributed by atoms with Gasteiger partial charge in [0, 0.05) is 37.8 Å². The van der Waals surface area contributed by atoms with Gasteiger partial charge in [-0.05, 0) is 25.2 Å². The first-order chi connectivity index (χ1) is 9.16. The third kappa shape index (κ3) is 3.93. The van der Waals surface area contributed by atoms with E-state index in [1.165, 1.54) is 45.2 Å². The molecule has 3 nitrogen and oxygen atoms in total. The Bertz CT molecular complexity index is 261. The van der Waals surface area contributed by atoms with Gasteiger partial charge in [-0.25, -0.2) is 0 Å². The van der Waals surface area contributed by atoms with E-state index in [0.29, 0.717) is 17.5 Å². The van der Waals surface area contributed by atoms with Crippen LogP contribution < -0.4 is 5.32 Å². The Morgan fingerprint density at radius 1 is 1.32 bits per heavy atom. The van der Waals surface area contributed by atoms with Crippen molar-refractivity contribution in [2.24, 2.45) is 5.92 Å². The highest BCUT2D eigenvalue weighted by molar-refractivity contribution is 5.01. The maximum Gasteiger partial charge on any atom is 0.0593 e. The molecule has 1 aliphatic carbocycles. The Labute approximate surface area is 119 Å². The average molecular weight is 268 g/mol. The van der Waals surface area contributed by atoms with Crippen LogP contribution in [0.4, 0.5) is 0 Å². The van der Waals surface area contributed by atoms with Gasteiger partial charge in [0.1, 0.15) is 0 Å². The minimum Gasteiger partial charge on any atom is -0.380 e. The highest BCUT2D eigenvalue weighted by atomic mass is 16.5. The molecular formula is C16H32N2O. The molecular weight excluding hydrogens is 236 g/mol. The van der Waals surface area contributed by atoms with Crippen LogP contribution in [0.25, 0.3) is 0 Å². The van der Waals surface area contributed by atoms with E-state index in [2.05, 4.69) is 31.0 Å². The smallest absolute Gasteiger partial charge is 0.0593 e. The van der Waals surface area contributed by atoms with Gasteiger partial charge in [-0.1, -0.05) is 33.6 Å². The lowest BCUT2D eigenvalue weighted by Crippen LogP contribution is -2.63. The summed E-state index contributed by atoms with van der Waals surface area (Å²) in [6.45, 7) is 12.0. The lowest BCUT2D eigenvalue weighted by Gasteiger charge is -2.48. The van der Waals surface area contributed by atoms with E-state index in [9.17, 15) is 0 Å². The molecule has 3 heteroatoms. The standard InChI is InChI=1S/C16H32N2O/c1-4-15-11-18(9-10-19-12-14(2)3)16(13-17-15)7-5-6-8-16/h14-15,17H,4-13H2,1-3H3. The second kappa shape index (κ2) is 7.05. The Kier molecular flexibility index (Phi) is 5.67. The summed E-state index contributed by atoms with van der Waals surface area (Å²) in [5.74, 6) is 0.645. The fraction of sp³-hybridized carbons (Fsp3) is 1.00. The van der Waals surface area contributed by atoms with Crippen molar-refractivity contribution in [2.75, 3.05) is 32.8 Å². The fourth-order valence-electron chi connectivity index (χ4n) is 3.59. The highest BCUT2D eigenvalue weighted by Gasteiger charge is 2.42. The van der Waals surface area contributed by atoms with Crippen LogP contribution in [0, 0.1) is 5.92 Å². The van der Waals surface area contributed by atoms with Crippen LogP contribution in [0.2, 0.25) is 0 Å². The van der Waals surface area contributed by atoms with Crippen LogP contribution in [0.15, 0.2) is 0 Å². The van der Waals surface area contributed by atoms with Gasteiger partial charge in [-0.15, -0.1) is 0 Å². The molecule has 1 atom stereocenters. The Morgan fingerprint density at radius 3 is 2.68 bits per heavy atom. The molecule has 112 valence electrons. The zero-order valence-corrected chi connectivity index (χ0v) is 13.1. The molecule has 1 heterocycles. The van der Waals surface area contributed by atoms with Gasteiger partial charge in [-0.2, -0.15) is 0 Å². The molecule has 1 unspecified atom stereocenters. The lowest BCUT2D eigenvalue weighted by atomic mass is 9.90. The number of nitrogens with zero attached hydrogens (tertiary/aromatic N) is 1. The van der Waals surface area contributed by atoms with E-state index in [0.717, 1.165) is 19.8 Å². The van der Waals surface area contributed by atoms with Crippen molar-refractivity contribution in [3.8, 4) is 0 Å². The van der Waals surface area contributed by atoms with E-state index in [1.807, 2.05) is 0 Å². The molecule has 0 aromatic heterocycles. The first-order valence-electron chi connectivity index (χ1n) is 8.22. The minimum atomic E-state index is 0.451. The van der Waals surface area contributed by atoms with Crippen LogP contribution in [0.3, 0.4) is 0 Å². The predicted octanol–water partition coefficient (Wildman–Crippen LogP) is 2.66. The van der Waals surface area contributed by atoms with Crippen LogP contribution in [0.5, 0.6) is 0 Å². The summed E-state index contributed by atoms with van der Waals surface area (Å²) in [5, 5.41) is 3.76. The van der Waals surface area contributed by atoms with Gasteiger partial charge >= 0.3 is 0 Å². The van der Waals surface area contributed by atoms with E-state index in [4.69, 9.17) is 4.74 Å².